The van der Waals surface area contributed by atoms with Crippen molar-refractivity contribution in [3.05, 3.63) is 73.2 Å². The van der Waals surface area contributed by atoms with E-state index in [-0.39, 0.29) is 0 Å². The average molecular weight is 255 g/mol. The Morgan fingerprint density at radius 2 is 1.85 bits per heavy atom. The van der Waals surface area contributed by atoms with E-state index in [1.54, 1.807) is 0 Å². The minimum absolute atomic E-state index is 1.00. The van der Waals surface area contributed by atoms with Crippen LogP contribution in [0.5, 0.6) is 0 Å². The summed E-state index contributed by atoms with van der Waals surface area (Å²) in [7, 11) is 0. The summed E-state index contributed by atoms with van der Waals surface area (Å²) < 4.78 is 0. The molecule has 2 aromatic heterocycles. The molecule has 4 aromatic rings. The largest absolute Gasteiger partial charge is 0.256 e. The number of rotatable bonds is 1. The van der Waals surface area contributed by atoms with Crippen molar-refractivity contribution in [3.8, 4) is 11.1 Å². The summed E-state index contributed by atoms with van der Waals surface area (Å²) in [6, 6.07) is 18.5. The van der Waals surface area contributed by atoms with E-state index in [9.17, 15) is 0 Å². The van der Waals surface area contributed by atoms with Crippen LogP contribution in [0, 0.1) is 6.20 Å². The Bertz CT molecular complexity index is 908. The zero-order valence-electron chi connectivity index (χ0n) is 10.7. The highest BCUT2D eigenvalue weighted by atomic mass is 14.6. The Kier molecular flexibility index (Phi) is 2.46. The fraction of sp³-hybridized carbons (Fsp3) is 0. The zero-order chi connectivity index (χ0) is 13.4. The van der Waals surface area contributed by atoms with Crippen LogP contribution in [0.2, 0.25) is 0 Å². The van der Waals surface area contributed by atoms with Crippen LogP contribution < -0.4 is 0 Å². The summed E-state index contributed by atoms with van der Waals surface area (Å²) >= 11 is 0. The summed E-state index contributed by atoms with van der Waals surface area (Å²) in [5, 5.41) is 3.35. The Morgan fingerprint density at radius 3 is 2.85 bits per heavy atom. The van der Waals surface area contributed by atoms with Crippen molar-refractivity contribution in [1.29, 1.82) is 0 Å². The first-order valence-corrected chi connectivity index (χ1v) is 6.52. The maximum Gasteiger partial charge on any atom is 0.0971 e. The maximum absolute atomic E-state index is 4.42. The molecule has 0 fully saturated rings. The van der Waals surface area contributed by atoms with Crippen molar-refractivity contribution >= 4 is 21.7 Å². The molecular weight excluding hydrogens is 244 g/mol. The van der Waals surface area contributed by atoms with Gasteiger partial charge in [-0.15, -0.1) is 0 Å². The van der Waals surface area contributed by atoms with Crippen LogP contribution in [-0.4, -0.2) is 9.97 Å². The molecule has 2 heteroatoms. The van der Waals surface area contributed by atoms with Crippen LogP contribution in [0.15, 0.2) is 67.0 Å². The maximum atomic E-state index is 4.42. The average Bonchev–Trinajstić information content (AvgIpc) is 2.54. The number of nitrogens with zero attached hydrogens (tertiary/aromatic N) is 2. The first-order chi connectivity index (χ1) is 9.92. The lowest BCUT2D eigenvalue weighted by molar-refractivity contribution is 1.34. The Labute approximate surface area is 116 Å². The molecular formula is C18H11N2. The SMILES string of the molecule is [c]1ncc(-c2ccc3cccnc3c2)c2ccccc12. The smallest absolute Gasteiger partial charge is 0.0971 e. The lowest BCUT2D eigenvalue weighted by Crippen LogP contribution is -1.85. The van der Waals surface area contributed by atoms with Crippen LogP contribution in [0.3, 0.4) is 0 Å². The van der Waals surface area contributed by atoms with Crippen molar-refractivity contribution in [1.82, 2.24) is 9.97 Å². The molecule has 93 valence electrons. The standard InChI is InChI=1S/C18H11N2/c1-2-6-16-15(4-1)11-19-12-17(16)14-8-7-13-5-3-9-20-18(13)10-14/h1-10,12H. The monoisotopic (exact) mass is 255 g/mol. The van der Waals surface area contributed by atoms with Gasteiger partial charge in [0.25, 0.3) is 0 Å². The second-order valence-corrected chi connectivity index (χ2v) is 4.74. The molecule has 0 bridgehead atoms. The minimum Gasteiger partial charge on any atom is -0.256 e. The van der Waals surface area contributed by atoms with Gasteiger partial charge in [0.2, 0.25) is 0 Å². The molecule has 0 aliphatic heterocycles. The second kappa shape index (κ2) is 4.42. The predicted octanol–water partition coefficient (Wildman–Crippen LogP) is 4.25. The van der Waals surface area contributed by atoms with E-state index >= 15 is 0 Å². The van der Waals surface area contributed by atoms with Crippen molar-refractivity contribution in [3.63, 3.8) is 0 Å². The van der Waals surface area contributed by atoms with Crippen molar-refractivity contribution in [2.75, 3.05) is 0 Å². The number of aromatic nitrogens is 2. The quantitative estimate of drug-likeness (QED) is 0.508. The topological polar surface area (TPSA) is 25.8 Å². The highest BCUT2D eigenvalue weighted by molar-refractivity contribution is 5.97. The van der Waals surface area contributed by atoms with Crippen LogP contribution in [0.4, 0.5) is 0 Å². The summed E-state index contributed by atoms with van der Waals surface area (Å²) in [5.74, 6) is 0. The Balaban J connectivity index is 2.01. The van der Waals surface area contributed by atoms with Crippen molar-refractivity contribution < 1.29 is 0 Å². The summed E-state index contributed by atoms with van der Waals surface area (Å²) in [4.78, 5) is 8.64. The highest BCUT2D eigenvalue weighted by Crippen LogP contribution is 2.29. The first-order valence-electron chi connectivity index (χ1n) is 6.52. The number of benzene rings is 2. The zero-order valence-corrected chi connectivity index (χ0v) is 10.7. The summed E-state index contributed by atoms with van der Waals surface area (Å²) in [6.07, 6.45) is 6.72. The predicted molar refractivity (Wildman–Crippen MR) is 81.3 cm³/mol. The number of hydrogen-bond donors (Lipinski definition) is 0. The Morgan fingerprint density at radius 1 is 0.900 bits per heavy atom. The van der Waals surface area contributed by atoms with E-state index in [1.807, 2.05) is 36.7 Å². The fourth-order valence-corrected chi connectivity index (χ4v) is 2.52. The molecule has 1 radical (unpaired) electrons. The van der Waals surface area contributed by atoms with Gasteiger partial charge in [0.1, 0.15) is 0 Å². The molecule has 2 aromatic carbocycles. The van der Waals surface area contributed by atoms with Crippen molar-refractivity contribution in [2.45, 2.75) is 0 Å². The number of fused-ring (bicyclic) bond motifs is 2. The van der Waals surface area contributed by atoms with Crippen molar-refractivity contribution in [2.24, 2.45) is 0 Å². The van der Waals surface area contributed by atoms with Gasteiger partial charge in [-0.3, -0.25) is 9.97 Å². The number of pyridine rings is 2. The van der Waals surface area contributed by atoms with Gasteiger partial charge in [-0.05, 0) is 23.1 Å². The molecule has 0 spiro atoms. The van der Waals surface area contributed by atoms with Crippen LogP contribution in [-0.2, 0) is 0 Å². The third-order valence-electron chi connectivity index (χ3n) is 3.51. The molecule has 4 rings (SSSR count). The second-order valence-electron chi connectivity index (χ2n) is 4.74. The van der Waals surface area contributed by atoms with E-state index in [2.05, 4.69) is 46.5 Å². The van der Waals surface area contributed by atoms with E-state index in [4.69, 9.17) is 0 Å². The van der Waals surface area contributed by atoms with E-state index < -0.39 is 0 Å². The van der Waals surface area contributed by atoms with Gasteiger partial charge in [-0.1, -0.05) is 42.5 Å². The number of hydrogen-bond acceptors (Lipinski definition) is 2. The molecule has 0 atom stereocenters. The molecule has 2 nitrogen and oxygen atoms in total. The van der Waals surface area contributed by atoms with Gasteiger partial charge in [0.15, 0.2) is 0 Å². The molecule has 0 saturated carbocycles. The van der Waals surface area contributed by atoms with Gasteiger partial charge < -0.3 is 0 Å². The van der Waals surface area contributed by atoms with Gasteiger partial charge >= 0.3 is 0 Å². The molecule has 0 unspecified atom stereocenters. The molecule has 2 heterocycles. The van der Waals surface area contributed by atoms with Gasteiger partial charge in [0.05, 0.1) is 11.7 Å². The summed E-state index contributed by atoms with van der Waals surface area (Å²) in [5.41, 5.74) is 3.25. The molecule has 20 heavy (non-hydrogen) atoms. The van der Waals surface area contributed by atoms with Gasteiger partial charge in [0, 0.05) is 28.7 Å². The third kappa shape index (κ3) is 1.74. The third-order valence-corrected chi connectivity index (χ3v) is 3.51. The molecule has 0 amide bonds. The normalized spacial score (nSPS) is 11.0. The fourth-order valence-electron chi connectivity index (χ4n) is 2.52. The molecule has 0 saturated heterocycles. The molecule has 0 aliphatic carbocycles. The van der Waals surface area contributed by atoms with Crippen LogP contribution in [0.1, 0.15) is 0 Å². The van der Waals surface area contributed by atoms with Crippen LogP contribution >= 0.6 is 0 Å². The highest BCUT2D eigenvalue weighted by Gasteiger charge is 2.05. The first kappa shape index (κ1) is 11.1. The molecule has 0 N–H and O–H groups in total. The van der Waals surface area contributed by atoms with E-state index in [0.29, 0.717) is 0 Å². The van der Waals surface area contributed by atoms with E-state index in [0.717, 1.165) is 32.8 Å². The van der Waals surface area contributed by atoms with Gasteiger partial charge in [-0.25, -0.2) is 0 Å². The Hall–Kier alpha value is -2.74. The summed E-state index contributed by atoms with van der Waals surface area (Å²) in [6.45, 7) is 0. The van der Waals surface area contributed by atoms with Gasteiger partial charge in [-0.2, -0.15) is 0 Å². The minimum atomic E-state index is 1.00. The van der Waals surface area contributed by atoms with Crippen LogP contribution in [0.25, 0.3) is 32.8 Å². The lowest BCUT2D eigenvalue weighted by Gasteiger charge is -2.06. The molecule has 0 aliphatic rings. The van der Waals surface area contributed by atoms with E-state index in [1.165, 1.54) is 0 Å². The lowest BCUT2D eigenvalue weighted by atomic mass is 10.00.